The predicted molar refractivity (Wildman–Crippen MR) is 90.9 cm³/mol. The molecular weight excluding hydrogens is 314 g/mol. The van der Waals surface area contributed by atoms with Crippen LogP contribution in [0.15, 0.2) is 42.2 Å². The summed E-state index contributed by atoms with van der Waals surface area (Å²) >= 11 is 5.93. The van der Waals surface area contributed by atoms with Crippen LogP contribution >= 0.6 is 11.6 Å². The van der Waals surface area contributed by atoms with E-state index in [0.29, 0.717) is 16.2 Å². The molecule has 1 aromatic heterocycles. The van der Waals surface area contributed by atoms with Crippen LogP contribution in [0.25, 0.3) is 6.08 Å². The van der Waals surface area contributed by atoms with Crippen molar-refractivity contribution in [1.29, 1.82) is 0 Å². The van der Waals surface area contributed by atoms with E-state index in [9.17, 15) is 9.90 Å². The summed E-state index contributed by atoms with van der Waals surface area (Å²) in [5.41, 5.74) is 0.857. The number of aliphatic hydroxyl groups is 1. The van der Waals surface area contributed by atoms with E-state index in [1.165, 1.54) is 0 Å². The van der Waals surface area contributed by atoms with Crippen LogP contribution in [0, 0.1) is 0 Å². The van der Waals surface area contributed by atoms with Gasteiger partial charge in [0.2, 0.25) is 5.91 Å². The highest BCUT2D eigenvalue weighted by molar-refractivity contribution is 6.30. The first kappa shape index (κ1) is 17.2. The number of nitrogens with one attached hydrogen (secondary N) is 1. The molecule has 1 aromatic carbocycles. The second kappa shape index (κ2) is 6.98. The minimum absolute atomic E-state index is 0.0955. The van der Waals surface area contributed by atoms with E-state index in [1.54, 1.807) is 56.2 Å². The molecule has 0 radical (unpaired) electrons. The van der Waals surface area contributed by atoms with Gasteiger partial charge in [-0.2, -0.15) is 5.10 Å². The van der Waals surface area contributed by atoms with E-state index in [1.807, 2.05) is 12.1 Å². The first-order valence-corrected chi connectivity index (χ1v) is 7.59. The monoisotopic (exact) mass is 333 g/mol. The maximum atomic E-state index is 12.2. The van der Waals surface area contributed by atoms with Crippen LogP contribution in [0.4, 0.5) is 0 Å². The number of halogens is 1. The molecule has 0 saturated heterocycles. The number of aromatic nitrogens is 2. The molecule has 0 saturated carbocycles. The van der Waals surface area contributed by atoms with E-state index in [2.05, 4.69) is 10.4 Å². The minimum Gasteiger partial charge on any atom is -0.383 e. The summed E-state index contributed by atoms with van der Waals surface area (Å²) in [6.45, 7) is 3.45. The van der Waals surface area contributed by atoms with Gasteiger partial charge in [-0.1, -0.05) is 23.7 Å². The van der Waals surface area contributed by atoms with Gasteiger partial charge < -0.3 is 10.4 Å². The Bertz CT molecular complexity index is 735. The van der Waals surface area contributed by atoms with Gasteiger partial charge in [0, 0.05) is 29.4 Å². The molecule has 6 heteroatoms. The molecule has 0 spiro atoms. The van der Waals surface area contributed by atoms with E-state index < -0.39 is 5.60 Å². The fourth-order valence-electron chi connectivity index (χ4n) is 2.11. The number of carbonyl (C=O) groups excluding carboxylic acids is 1. The van der Waals surface area contributed by atoms with Gasteiger partial charge in [-0.05, 0) is 37.6 Å². The molecule has 2 rings (SSSR count). The fourth-order valence-corrected chi connectivity index (χ4v) is 2.30. The highest BCUT2D eigenvalue weighted by Crippen LogP contribution is 2.19. The molecule has 23 heavy (non-hydrogen) atoms. The number of hydrogen-bond donors (Lipinski definition) is 2. The Morgan fingerprint density at radius 2 is 2.26 bits per heavy atom. The summed E-state index contributed by atoms with van der Waals surface area (Å²) < 4.78 is 1.61. The lowest BCUT2D eigenvalue weighted by Gasteiger charge is -2.22. The quantitative estimate of drug-likeness (QED) is 0.826. The van der Waals surface area contributed by atoms with Gasteiger partial charge in [-0.25, -0.2) is 0 Å². The number of benzene rings is 1. The maximum Gasteiger partial charge on any atom is 0.247 e. The standard InChI is InChI=1S/C17H20ClN3O2/c1-12(7-13-5-4-6-15(18)8-13)16(22)19-11-17(2,23)14-9-20-21(3)10-14/h4-10,23H,11H2,1-3H3,(H,19,22)/b12-7-. The van der Waals surface area contributed by atoms with Gasteiger partial charge in [-0.15, -0.1) is 0 Å². The Hall–Kier alpha value is -2.11. The van der Waals surface area contributed by atoms with Crippen molar-refractivity contribution in [3.05, 3.63) is 58.4 Å². The second-order valence-electron chi connectivity index (χ2n) is 5.74. The lowest BCUT2D eigenvalue weighted by atomic mass is 9.99. The Labute approximate surface area is 140 Å². The number of nitrogens with zero attached hydrogens (tertiary/aromatic N) is 2. The molecule has 0 aliphatic heterocycles. The first-order valence-electron chi connectivity index (χ1n) is 7.21. The molecule has 0 fully saturated rings. The van der Waals surface area contributed by atoms with Gasteiger partial charge in [0.25, 0.3) is 0 Å². The lowest BCUT2D eigenvalue weighted by Crippen LogP contribution is -2.38. The number of carbonyl (C=O) groups is 1. The Kier molecular flexibility index (Phi) is 5.23. The molecule has 0 aliphatic rings. The first-order chi connectivity index (χ1) is 10.8. The highest BCUT2D eigenvalue weighted by atomic mass is 35.5. The van der Waals surface area contributed by atoms with Gasteiger partial charge in [-0.3, -0.25) is 9.48 Å². The summed E-state index contributed by atoms with van der Waals surface area (Å²) in [6.07, 6.45) is 5.06. The van der Waals surface area contributed by atoms with E-state index in [-0.39, 0.29) is 12.5 Å². The van der Waals surface area contributed by atoms with Gasteiger partial charge in [0.05, 0.1) is 12.7 Å². The van der Waals surface area contributed by atoms with Crippen molar-refractivity contribution in [2.75, 3.05) is 6.54 Å². The zero-order valence-corrected chi connectivity index (χ0v) is 14.1. The third-order valence-electron chi connectivity index (χ3n) is 3.51. The summed E-state index contributed by atoms with van der Waals surface area (Å²) in [5.74, 6) is -0.242. The van der Waals surface area contributed by atoms with Gasteiger partial charge in [0.15, 0.2) is 0 Å². The van der Waals surface area contributed by atoms with Crippen molar-refractivity contribution in [1.82, 2.24) is 15.1 Å². The summed E-state index contributed by atoms with van der Waals surface area (Å²) in [7, 11) is 1.77. The van der Waals surface area contributed by atoms with Crippen molar-refractivity contribution < 1.29 is 9.90 Å². The topological polar surface area (TPSA) is 67.2 Å². The van der Waals surface area contributed by atoms with Gasteiger partial charge in [0.1, 0.15) is 5.60 Å². The average Bonchev–Trinajstić information content (AvgIpc) is 2.92. The molecule has 2 aromatic rings. The molecule has 5 nitrogen and oxygen atoms in total. The van der Waals surface area contributed by atoms with E-state index in [0.717, 1.165) is 5.56 Å². The zero-order chi connectivity index (χ0) is 17.0. The van der Waals surface area contributed by atoms with E-state index in [4.69, 9.17) is 11.6 Å². The van der Waals surface area contributed by atoms with Crippen molar-refractivity contribution in [2.24, 2.45) is 7.05 Å². The summed E-state index contributed by atoms with van der Waals surface area (Å²) in [5, 5.41) is 17.8. The van der Waals surface area contributed by atoms with Crippen LogP contribution in [0.5, 0.6) is 0 Å². The molecule has 2 N–H and O–H groups in total. The third-order valence-corrected chi connectivity index (χ3v) is 3.75. The average molecular weight is 334 g/mol. The van der Waals surface area contributed by atoms with Crippen LogP contribution in [0.3, 0.4) is 0 Å². The minimum atomic E-state index is -1.18. The Balaban J connectivity index is 2.01. The summed E-state index contributed by atoms with van der Waals surface area (Å²) in [6, 6.07) is 7.25. The molecule has 0 bridgehead atoms. The molecular formula is C17H20ClN3O2. The van der Waals surface area contributed by atoms with Crippen LogP contribution in [-0.4, -0.2) is 27.3 Å². The Morgan fingerprint density at radius 3 is 2.87 bits per heavy atom. The lowest BCUT2D eigenvalue weighted by molar-refractivity contribution is -0.118. The van der Waals surface area contributed by atoms with Crippen molar-refractivity contribution in [3.63, 3.8) is 0 Å². The van der Waals surface area contributed by atoms with Crippen LogP contribution < -0.4 is 5.32 Å². The smallest absolute Gasteiger partial charge is 0.247 e. The molecule has 1 atom stereocenters. The largest absolute Gasteiger partial charge is 0.383 e. The van der Waals surface area contributed by atoms with Crippen molar-refractivity contribution in [2.45, 2.75) is 19.4 Å². The van der Waals surface area contributed by atoms with Crippen LogP contribution in [-0.2, 0) is 17.4 Å². The second-order valence-corrected chi connectivity index (χ2v) is 6.18. The molecule has 1 unspecified atom stereocenters. The van der Waals surface area contributed by atoms with Crippen molar-refractivity contribution in [3.8, 4) is 0 Å². The Morgan fingerprint density at radius 1 is 1.52 bits per heavy atom. The predicted octanol–water partition coefficient (Wildman–Crippen LogP) is 2.50. The van der Waals surface area contributed by atoms with Crippen molar-refractivity contribution >= 4 is 23.6 Å². The highest BCUT2D eigenvalue weighted by Gasteiger charge is 2.25. The zero-order valence-electron chi connectivity index (χ0n) is 13.4. The van der Waals surface area contributed by atoms with Crippen LogP contribution in [0.1, 0.15) is 25.0 Å². The SMILES string of the molecule is C/C(=C/c1cccc(Cl)c1)C(=O)NCC(C)(O)c1cnn(C)c1. The molecule has 1 amide bonds. The normalized spacial score (nSPS) is 14.4. The third kappa shape index (κ3) is 4.68. The number of aryl methyl sites for hydroxylation is 1. The molecule has 0 aliphatic carbocycles. The molecule has 122 valence electrons. The summed E-state index contributed by atoms with van der Waals surface area (Å²) in [4.78, 5) is 12.2. The van der Waals surface area contributed by atoms with Gasteiger partial charge >= 0.3 is 0 Å². The number of hydrogen-bond acceptors (Lipinski definition) is 3. The fraction of sp³-hybridized carbons (Fsp3) is 0.294. The molecule has 1 heterocycles. The number of rotatable bonds is 5. The van der Waals surface area contributed by atoms with Crippen LogP contribution in [0.2, 0.25) is 5.02 Å². The number of amides is 1. The van der Waals surface area contributed by atoms with E-state index >= 15 is 0 Å². The maximum absolute atomic E-state index is 12.2.